The molecule has 0 aromatic heterocycles. The summed E-state index contributed by atoms with van der Waals surface area (Å²) in [7, 11) is -3.10. The molecule has 2 atom stereocenters. The molecule has 2 N–H and O–H groups in total. The smallest absolute Gasteiger partial charge is 0.181 e. The number of sulfone groups is 1. The van der Waals surface area contributed by atoms with Crippen LogP contribution in [0.1, 0.15) is 30.4 Å². The summed E-state index contributed by atoms with van der Waals surface area (Å²) < 4.78 is 30.3. The van der Waals surface area contributed by atoms with Crippen molar-refractivity contribution >= 4 is 9.84 Å². The topological polar surface area (TPSA) is 72.6 Å². The Hall–Kier alpha value is -0.950. The van der Waals surface area contributed by atoms with Crippen molar-refractivity contribution in [2.45, 2.75) is 54.6 Å². The molecule has 1 saturated carbocycles. The van der Waals surface area contributed by atoms with Gasteiger partial charge in [-0.15, -0.1) is 0 Å². The summed E-state index contributed by atoms with van der Waals surface area (Å²) in [6.45, 7) is 3.01. The second-order valence-electron chi connectivity index (χ2n) is 6.77. The van der Waals surface area contributed by atoms with E-state index in [1.54, 1.807) is 6.07 Å². The maximum Gasteiger partial charge on any atom is 0.181 e. The van der Waals surface area contributed by atoms with Crippen LogP contribution >= 0.6 is 0 Å². The first-order chi connectivity index (χ1) is 10.5. The predicted octanol–water partition coefficient (Wildman–Crippen LogP) is 1.05. The minimum absolute atomic E-state index is 0.105. The summed E-state index contributed by atoms with van der Waals surface area (Å²) in [6, 6.07) is 6.08. The third kappa shape index (κ3) is 2.58. The molecule has 5 nitrogen and oxygen atoms in total. The van der Waals surface area contributed by atoms with E-state index in [0.29, 0.717) is 17.5 Å². The standard InChI is InChI=1S/C16H22N2O3S/c17-13-6-14(10-21-9-13)18-7-11-1-2-16(5-12(11)8-18)22(19,20)15-3-4-15/h1-2,5,13-15H,3-4,6-10,17H2/t13?,14-/m1/s1. The highest BCUT2D eigenvalue weighted by atomic mass is 32.2. The van der Waals surface area contributed by atoms with Crippen molar-refractivity contribution in [1.82, 2.24) is 4.90 Å². The molecule has 3 aliphatic rings. The summed E-state index contributed by atoms with van der Waals surface area (Å²) in [5.74, 6) is 0. The molecule has 2 aliphatic heterocycles. The Labute approximate surface area is 131 Å². The SMILES string of the molecule is NC1COC[C@H](N2Cc3ccc(S(=O)(=O)C4CC4)cc3C2)C1. The van der Waals surface area contributed by atoms with Gasteiger partial charge >= 0.3 is 0 Å². The Bertz CT molecular complexity index is 685. The van der Waals surface area contributed by atoms with E-state index in [9.17, 15) is 8.42 Å². The van der Waals surface area contributed by atoms with E-state index in [1.165, 1.54) is 5.56 Å². The van der Waals surface area contributed by atoms with Crippen molar-refractivity contribution in [2.24, 2.45) is 5.73 Å². The third-order valence-electron chi connectivity index (χ3n) is 4.95. The van der Waals surface area contributed by atoms with Crippen LogP contribution in [0.5, 0.6) is 0 Å². The van der Waals surface area contributed by atoms with Crippen LogP contribution in [0.4, 0.5) is 0 Å². The van der Waals surface area contributed by atoms with Crippen molar-refractivity contribution in [2.75, 3.05) is 13.2 Å². The number of rotatable bonds is 3. The summed E-state index contributed by atoms with van der Waals surface area (Å²) in [4.78, 5) is 2.85. The molecule has 0 spiro atoms. The zero-order valence-electron chi connectivity index (χ0n) is 12.6. The van der Waals surface area contributed by atoms with Gasteiger partial charge in [-0.1, -0.05) is 6.07 Å². The van der Waals surface area contributed by atoms with Gasteiger partial charge in [-0.2, -0.15) is 0 Å². The Morgan fingerprint density at radius 1 is 1.14 bits per heavy atom. The third-order valence-corrected chi connectivity index (χ3v) is 7.21. The lowest BCUT2D eigenvalue weighted by atomic mass is 10.1. The van der Waals surface area contributed by atoms with Crippen LogP contribution in [0.15, 0.2) is 23.1 Å². The molecule has 1 unspecified atom stereocenters. The Kier molecular flexibility index (Phi) is 3.52. The van der Waals surface area contributed by atoms with Crippen molar-refractivity contribution in [1.29, 1.82) is 0 Å². The fourth-order valence-electron chi connectivity index (χ4n) is 3.50. The van der Waals surface area contributed by atoms with Gasteiger partial charge in [-0.05, 0) is 42.5 Å². The summed E-state index contributed by atoms with van der Waals surface area (Å²) >= 11 is 0. The first-order valence-corrected chi connectivity index (χ1v) is 9.52. The molecule has 1 aromatic carbocycles. The van der Waals surface area contributed by atoms with Crippen LogP contribution < -0.4 is 5.73 Å². The average Bonchev–Trinajstić information content (AvgIpc) is 3.27. The average molecular weight is 322 g/mol. The highest BCUT2D eigenvalue weighted by Gasteiger charge is 2.38. The highest BCUT2D eigenvalue weighted by molar-refractivity contribution is 7.92. The molecule has 4 rings (SSSR count). The van der Waals surface area contributed by atoms with Gasteiger partial charge in [0.1, 0.15) is 0 Å². The van der Waals surface area contributed by atoms with Crippen molar-refractivity contribution in [3.63, 3.8) is 0 Å². The van der Waals surface area contributed by atoms with Gasteiger partial charge in [0, 0.05) is 25.2 Å². The van der Waals surface area contributed by atoms with Crippen LogP contribution in [0, 0.1) is 0 Å². The number of fused-ring (bicyclic) bond motifs is 1. The van der Waals surface area contributed by atoms with Gasteiger partial charge in [0.25, 0.3) is 0 Å². The minimum atomic E-state index is -3.10. The van der Waals surface area contributed by atoms with E-state index in [0.717, 1.165) is 44.5 Å². The minimum Gasteiger partial charge on any atom is -0.378 e. The first kappa shape index (κ1) is 14.6. The molecule has 0 bridgehead atoms. The monoisotopic (exact) mass is 322 g/mol. The number of nitrogens with zero attached hydrogens (tertiary/aromatic N) is 1. The number of nitrogens with two attached hydrogens (primary N) is 1. The lowest BCUT2D eigenvalue weighted by molar-refractivity contribution is 0.00549. The van der Waals surface area contributed by atoms with Crippen molar-refractivity contribution in [3.05, 3.63) is 29.3 Å². The summed E-state index contributed by atoms with van der Waals surface area (Å²) in [5.41, 5.74) is 8.36. The molecule has 0 amide bonds. The van der Waals surface area contributed by atoms with E-state index >= 15 is 0 Å². The van der Waals surface area contributed by atoms with E-state index in [4.69, 9.17) is 10.5 Å². The molecule has 1 aromatic rings. The van der Waals surface area contributed by atoms with Gasteiger partial charge in [-0.25, -0.2) is 8.42 Å². The zero-order valence-corrected chi connectivity index (χ0v) is 13.4. The number of hydrogen-bond donors (Lipinski definition) is 1. The van der Waals surface area contributed by atoms with Crippen molar-refractivity contribution in [3.8, 4) is 0 Å². The molecule has 120 valence electrons. The summed E-state index contributed by atoms with van der Waals surface area (Å²) in [6.07, 6.45) is 2.56. The molecular weight excluding hydrogens is 300 g/mol. The lowest BCUT2D eigenvalue weighted by Crippen LogP contribution is -2.46. The quantitative estimate of drug-likeness (QED) is 0.901. The maximum atomic E-state index is 12.4. The Balaban J connectivity index is 1.54. The van der Waals surface area contributed by atoms with E-state index in [2.05, 4.69) is 4.90 Å². The van der Waals surface area contributed by atoms with E-state index in [-0.39, 0.29) is 11.3 Å². The number of hydrogen-bond acceptors (Lipinski definition) is 5. The molecule has 1 aliphatic carbocycles. The second-order valence-corrected chi connectivity index (χ2v) is 9.00. The largest absolute Gasteiger partial charge is 0.378 e. The molecule has 2 heterocycles. The van der Waals surface area contributed by atoms with Crippen molar-refractivity contribution < 1.29 is 13.2 Å². The van der Waals surface area contributed by atoms with Gasteiger partial charge < -0.3 is 10.5 Å². The maximum absolute atomic E-state index is 12.4. The number of benzene rings is 1. The van der Waals surface area contributed by atoms with Crippen LogP contribution in [0.3, 0.4) is 0 Å². The molecule has 0 radical (unpaired) electrons. The van der Waals surface area contributed by atoms with Gasteiger partial charge in [0.2, 0.25) is 0 Å². The Morgan fingerprint density at radius 2 is 1.91 bits per heavy atom. The molecule has 2 fully saturated rings. The Morgan fingerprint density at radius 3 is 2.64 bits per heavy atom. The molecule has 22 heavy (non-hydrogen) atoms. The molecule has 1 saturated heterocycles. The van der Waals surface area contributed by atoms with Crippen LogP contribution in [-0.4, -0.2) is 43.9 Å². The summed E-state index contributed by atoms with van der Waals surface area (Å²) in [5, 5.41) is -0.146. The predicted molar refractivity (Wildman–Crippen MR) is 83.1 cm³/mol. The van der Waals surface area contributed by atoms with Gasteiger partial charge in [-0.3, -0.25) is 4.90 Å². The van der Waals surface area contributed by atoms with Crippen LogP contribution in [0.2, 0.25) is 0 Å². The van der Waals surface area contributed by atoms with Gasteiger partial charge in [0.15, 0.2) is 9.84 Å². The molecular formula is C16H22N2O3S. The fraction of sp³-hybridized carbons (Fsp3) is 0.625. The van der Waals surface area contributed by atoms with Crippen LogP contribution in [-0.2, 0) is 27.7 Å². The number of ether oxygens (including phenoxy) is 1. The second kappa shape index (κ2) is 5.30. The normalized spacial score (nSPS) is 29.5. The highest BCUT2D eigenvalue weighted by Crippen LogP contribution is 2.36. The van der Waals surface area contributed by atoms with Gasteiger partial charge in [0.05, 0.1) is 23.4 Å². The first-order valence-electron chi connectivity index (χ1n) is 7.97. The van der Waals surface area contributed by atoms with Crippen LogP contribution in [0.25, 0.3) is 0 Å². The molecule has 6 heteroatoms. The van der Waals surface area contributed by atoms with E-state index in [1.807, 2.05) is 12.1 Å². The fourth-order valence-corrected chi connectivity index (χ4v) is 5.20. The lowest BCUT2D eigenvalue weighted by Gasteiger charge is -2.33. The zero-order chi connectivity index (χ0) is 15.3. The van der Waals surface area contributed by atoms with E-state index < -0.39 is 9.84 Å².